The molecule has 1 fully saturated rings. The first kappa shape index (κ1) is 24.0. The van der Waals surface area contributed by atoms with Crippen LogP contribution in [0.3, 0.4) is 0 Å². The minimum absolute atomic E-state index is 0.182. The van der Waals surface area contributed by atoms with Crippen molar-refractivity contribution in [1.82, 2.24) is 39.6 Å². The molecule has 1 aromatic carbocycles. The number of imidazole rings is 1. The lowest BCUT2D eigenvalue weighted by atomic mass is 10.1. The van der Waals surface area contributed by atoms with Crippen molar-refractivity contribution in [3.05, 3.63) is 58.8 Å². The number of nitrogens with one attached hydrogen (secondary N) is 3. The Morgan fingerprint density at radius 3 is 2.58 bits per heavy atom. The second kappa shape index (κ2) is 9.53. The Labute approximate surface area is 217 Å². The Bertz CT molecular complexity index is 1670. The highest BCUT2D eigenvalue weighted by Crippen LogP contribution is 2.33. The molecule has 0 bridgehead atoms. The Hall–Kier alpha value is -4.32. The summed E-state index contributed by atoms with van der Waals surface area (Å²) in [5.74, 6) is 0.383. The van der Waals surface area contributed by atoms with Crippen LogP contribution in [0.15, 0.2) is 41.6 Å². The second-order valence-corrected chi connectivity index (χ2v) is 9.62. The Morgan fingerprint density at radius 1 is 1.08 bits per heavy atom. The van der Waals surface area contributed by atoms with E-state index < -0.39 is 5.82 Å². The molecule has 0 radical (unpaired) electrons. The molecule has 12 heteroatoms. The van der Waals surface area contributed by atoms with E-state index in [-0.39, 0.29) is 28.5 Å². The molecule has 5 aromatic rings. The van der Waals surface area contributed by atoms with Crippen LogP contribution in [-0.4, -0.2) is 72.8 Å². The summed E-state index contributed by atoms with van der Waals surface area (Å²) in [5, 5.41) is 8.06. The van der Waals surface area contributed by atoms with Crippen LogP contribution in [0.25, 0.3) is 33.5 Å². The summed E-state index contributed by atoms with van der Waals surface area (Å²) in [6.07, 6.45) is 5.12. The van der Waals surface area contributed by atoms with E-state index in [0.717, 1.165) is 31.9 Å². The van der Waals surface area contributed by atoms with Crippen molar-refractivity contribution in [2.45, 2.75) is 26.4 Å². The highest BCUT2D eigenvalue weighted by molar-refractivity contribution is 5.97. The summed E-state index contributed by atoms with van der Waals surface area (Å²) in [4.78, 5) is 37.2. The number of H-pyrrole nitrogens is 2. The molecule has 5 heterocycles. The fourth-order valence-electron chi connectivity index (χ4n) is 4.88. The van der Waals surface area contributed by atoms with Gasteiger partial charge in [-0.05, 0) is 39.1 Å². The molecular weight excluding hydrogens is 487 g/mol. The van der Waals surface area contributed by atoms with Crippen molar-refractivity contribution < 1.29 is 4.39 Å². The number of nitrogens with zero attached hydrogens (tertiary/aromatic N) is 7. The molecule has 196 valence electrons. The summed E-state index contributed by atoms with van der Waals surface area (Å²) in [6, 6.07) is 4.82. The van der Waals surface area contributed by atoms with Gasteiger partial charge in [0.2, 0.25) is 0 Å². The molecule has 0 unspecified atom stereocenters. The highest BCUT2D eigenvalue weighted by Gasteiger charge is 2.24. The lowest BCUT2D eigenvalue weighted by Crippen LogP contribution is -2.44. The van der Waals surface area contributed by atoms with Crippen molar-refractivity contribution in [1.29, 1.82) is 0 Å². The Kier molecular flexibility index (Phi) is 6.03. The molecule has 6 rings (SSSR count). The van der Waals surface area contributed by atoms with Gasteiger partial charge in [0.1, 0.15) is 28.2 Å². The molecule has 1 aliphatic rings. The number of hydrogen-bond donors (Lipinski definition) is 3. The lowest BCUT2D eigenvalue weighted by molar-refractivity contribution is 0.313. The number of rotatable bonds is 6. The van der Waals surface area contributed by atoms with Crippen LogP contribution in [0, 0.1) is 5.82 Å². The molecule has 1 aliphatic heterocycles. The number of halogens is 1. The molecule has 1 atom stereocenters. The van der Waals surface area contributed by atoms with E-state index in [0.29, 0.717) is 34.6 Å². The normalized spacial score (nSPS) is 15.4. The maximum atomic E-state index is 15.3. The van der Waals surface area contributed by atoms with Crippen LogP contribution in [0.1, 0.15) is 25.7 Å². The zero-order valence-electron chi connectivity index (χ0n) is 21.5. The maximum absolute atomic E-state index is 15.3. The van der Waals surface area contributed by atoms with Gasteiger partial charge in [0.15, 0.2) is 5.82 Å². The number of aromatic amines is 2. The van der Waals surface area contributed by atoms with Gasteiger partial charge in [-0.25, -0.2) is 19.3 Å². The zero-order valence-corrected chi connectivity index (χ0v) is 21.5. The molecule has 3 N–H and O–H groups in total. The second-order valence-electron chi connectivity index (χ2n) is 9.62. The average Bonchev–Trinajstić information content (AvgIpc) is 3.54. The molecular formula is C26H29FN10O. The van der Waals surface area contributed by atoms with Gasteiger partial charge in [-0.3, -0.25) is 9.48 Å². The van der Waals surface area contributed by atoms with Gasteiger partial charge in [0.05, 0.1) is 22.8 Å². The van der Waals surface area contributed by atoms with Gasteiger partial charge >= 0.3 is 0 Å². The number of benzene rings is 1. The lowest BCUT2D eigenvalue weighted by Gasteiger charge is -2.34. The van der Waals surface area contributed by atoms with E-state index in [1.807, 2.05) is 19.9 Å². The number of aromatic nitrogens is 7. The van der Waals surface area contributed by atoms with E-state index in [9.17, 15) is 4.79 Å². The van der Waals surface area contributed by atoms with Crippen molar-refractivity contribution >= 4 is 33.4 Å². The third-order valence-electron chi connectivity index (χ3n) is 7.01. The maximum Gasteiger partial charge on any atom is 0.261 e. The summed E-state index contributed by atoms with van der Waals surface area (Å²) >= 11 is 0. The number of hydrogen-bond acceptors (Lipinski definition) is 8. The summed E-state index contributed by atoms with van der Waals surface area (Å²) in [5.41, 5.74) is 3.02. The summed E-state index contributed by atoms with van der Waals surface area (Å²) in [6.45, 7) is 7.95. The SMILES string of the molecule is CCn1cc2[nH]c(=O)c(-c3nc4c(F)cc(N5CCN(C)CC5)cc4[nH]3)c(N[C@@H](C)c3ncccn3)c2n1. The number of piperazine rings is 1. The first-order chi connectivity index (χ1) is 18.4. The number of anilines is 2. The fraction of sp³-hybridized carbons (Fsp3) is 0.346. The van der Waals surface area contributed by atoms with Crippen LogP contribution in [-0.2, 0) is 6.54 Å². The average molecular weight is 517 g/mol. The summed E-state index contributed by atoms with van der Waals surface area (Å²) in [7, 11) is 2.08. The smallest absolute Gasteiger partial charge is 0.261 e. The topological polar surface area (TPSA) is 124 Å². The van der Waals surface area contributed by atoms with Crippen LogP contribution in [0.2, 0.25) is 0 Å². The van der Waals surface area contributed by atoms with E-state index in [2.05, 4.69) is 52.2 Å². The number of pyridine rings is 1. The standard InChI is InChI=1S/C26H29FN10O/c1-4-37-14-19-22(34-37)23(30-15(2)24-28-6-5-7-29-24)20(26(38)32-19)25-31-18-13-16(12-17(27)21(18)33-25)36-10-8-35(3)9-11-36/h5-7,12-15,30H,4,8-11H2,1-3H3,(H,31,33)(H,32,38)/t15-/m0/s1. The monoisotopic (exact) mass is 516 g/mol. The van der Waals surface area contributed by atoms with Crippen LogP contribution >= 0.6 is 0 Å². The van der Waals surface area contributed by atoms with E-state index in [4.69, 9.17) is 0 Å². The van der Waals surface area contributed by atoms with Crippen molar-refractivity contribution in [2.75, 3.05) is 43.4 Å². The first-order valence-corrected chi connectivity index (χ1v) is 12.7. The third-order valence-corrected chi connectivity index (χ3v) is 7.01. The molecule has 0 aliphatic carbocycles. The molecule has 0 saturated carbocycles. The predicted molar refractivity (Wildman–Crippen MR) is 145 cm³/mol. The van der Waals surface area contributed by atoms with Crippen LogP contribution < -0.4 is 15.8 Å². The number of likely N-dealkylation sites (N-methyl/N-ethyl adjacent to an activating group) is 1. The first-order valence-electron chi connectivity index (χ1n) is 12.7. The zero-order chi connectivity index (χ0) is 26.4. The molecule has 4 aromatic heterocycles. The molecule has 38 heavy (non-hydrogen) atoms. The summed E-state index contributed by atoms with van der Waals surface area (Å²) < 4.78 is 17.0. The number of fused-ring (bicyclic) bond motifs is 2. The predicted octanol–water partition coefficient (Wildman–Crippen LogP) is 3.14. The van der Waals surface area contributed by atoms with E-state index in [1.54, 1.807) is 29.3 Å². The van der Waals surface area contributed by atoms with E-state index >= 15 is 4.39 Å². The van der Waals surface area contributed by atoms with Gasteiger partial charge in [-0.1, -0.05) is 0 Å². The molecule has 11 nitrogen and oxygen atoms in total. The van der Waals surface area contributed by atoms with Gasteiger partial charge in [-0.15, -0.1) is 0 Å². The van der Waals surface area contributed by atoms with Gasteiger partial charge in [0, 0.05) is 57.0 Å². The minimum atomic E-state index is -0.438. The van der Waals surface area contributed by atoms with Gasteiger partial charge in [0.25, 0.3) is 5.56 Å². The fourth-order valence-corrected chi connectivity index (χ4v) is 4.88. The Balaban J connectivity index is 1.48. The van der Waals surface area contributed by atoms with Crippen LogP contribution in [0.4, 0.5) is 15.8 Å². The number of aryl methyl sites for hydroxylation is 1. The van der Waals surface area contributed by atoms with Crippen LogP contribution in [0.5, 0.6) is 0 Å². The molecule has 0 spiro atoms. The quantitative estimate of drug-likeness (QED) is 0.315. The largest absolute Gasteiger partial charge is 0.373 e. The Morgan fingerprint density at radius 2 is 1.84 bits per heavy atom. The van der Waals surface area contributed by atoms with Gasteiger partial charge in [-0.2, -0.15) is 5.10 Å². The van der Waals surface area contributed by atoms with Crippen molar-refractivity contribution in [3.63, 3.8) is 0 Å². The third kappa shape index (κ3) is 4.26. The van der Waals surface area contributed by atoms with Crippen molar-refractivity contribution in [2.24, 2.45) is 0 Å². The molecule has 0 amide bonds. The molecule has 1 saturated heterocycles. The minimum Gasteiger partial charge on any atom is -0.373 e. The highest BCUT2D eigenvalue weighted by atomic mass is 19.1. The van der Waals surface area contributed by atoms with E-state index in [1.165, 1.54) is 6.07 Å². The van der Waals surface area contributed by atoms with Crippen molar-refractivity contribution in [3.8, 4) is 11.4 Å². The van der Waals surface area contributed by atoms with Gasteiger partial charge < -0.3 is 25.1 Å².